The van der Waals surface area contributed by atoms with E-state index in [1.807, 2.05) is 18.2 Å². The number of pyridine rings is 1. The maximum Gasteiger partial charge on any atom is 0.217 e. The monoisotopic (exact) mass is 234 g/mol. The zero-order chi connectivity index (χ0) is 11.2. The van der Waals surface area contributed by atoms with Crippen LogP contribution in [0.2, 0.25) is 0 Å². The highest BCUT2D eigenvalue weighted by molar-refractivity contribution is 7.09. The Morgan fingerprint density at radius 1 is 1.31 bits per heavy atom. The van der Waals surface area contributed by atoms with Crippen LogP contribution in [0.1, 0.15) is 10.4 Å². The summed E-state index contributed by atoms with van der Waals surface area (Å²) in [5.41, 5.74) is 6.55. The van der Waals surface area contributed by atoms with Crippen LogP contribution in [0, 0.1) is 0 Å². The van der Waals surface area contributed by atoms with Gasteiger partial charge in [0, 0.05) is 29.6 Å². The van der Waals surface area contributed by atoms with Crippen LogP contribution in [0.3, 0.4) is 0 Å². The van der Waals surface area contributed by atoms with Crippen molar-refractivity contribution in [2.45, 2.75) is 13.0 Å². The Balaban J connectivity index is 1.89. The third kappa shape index (κ3) is 2.81. The van der Waals surface area contributed by atoms with Gasteiger partial charge in [0.25, 0.3) is 0 Å². The zero-order valence-corrected chi connectivity index (χ0v) is 9.74. The van der Waals surface area contributed by atoms with Crippen molar-refractivity contribution in [3.63, 3.8) is 0 Å². The number of aromatic nitrogens is 1. The Kier molecular flexibility index (Phi) is 3.91. The third-order valence-corrected chi connectivity index (χ3v) is 3.17. The van der Waals surface area contributed by atoms with Crippen molar-refractivity contribution in [3.05, 3.63) is 46.3 Å². The second-order valence-electron chi connectivity index (χ2n) is 3.35. The van der Waals surface area contributed by atoms with E-state index in [-0.39, 0.29) is 0 Å². The average molecular weight is 234 g/mol. The van der Waals surface area contributed by atoms with Gasteiger partial charge in [-0.25, -0.2) is 4.98 Å². The highest BCUT2D eigenvalue weighted by Crippen LogP contribution is 2.14. The Morgan fingerprint density at radius 2 is 2.25 bits per heavy atom. The Hall–Kier alpha value is -1.39. The van der Waals surface area contributed by atoms with Crippen LogP contribution in [0.4, 0.5) is 0 Å². The molecule has 0 aliphatic rings. The lowest BCUT2D eigenvalue weighted by Gasteiger charge is -2.07. The van der Waals surface area contributed by atoms with Crippen LogP contribution in [0.5, 0.6) is 5.88 Å². The van der Waals surface area contributed by atoms with E-state index in [1.54, 1.807) is 17.5 Å². The molecule has 0 unspecified atom stereocenters. The first-order valence-corrected chi connectivity index (χ1v) is 6.07. The number of hydrogen-bond donors (Lipinski definition) is 1. The molecule has 2 rings (SSSR count). The largest absolute Gasteiger partial charge is 0.477 e. The van der Waals surface area contributed by atoms with Crippen LogP contribution in [0.25, 0.3) is 0 Å². The average Bonchev–Trinajstić information content (AvgIpc) is 2.83. The van der Waals surface area contributed by atoms with Crippen molar-refractivity contribution < 1.29 is 4.74 Å². The molecule has 84 valence electrons. The van der Waals surface area contributed by atoms with Gasteiger partial charge in [0.05, 0.1) is 6.61 Å². The summed E-state index contributed by atoms with van der Waals surface area (Å²) in [5.74, 6) is 0.654. The molecule has 4 heteroatoms. The third-order valence-electron chi connectivity index (χ3n) is 2.24. The summed E-state index contributed by atoms with van der Waals surface area (Å²) in [4.78, 5) is 5.49. The lowest BCUT2D eigenvalue weighted by atomic mass is 10.3. The van der Waals surface area contributed by atoms with E-state index in [4.69, 9.17) is 10.5 Å². The minimum Gasteiger partial charge on any atom is -0.477 e. The van der Waals surface area contributed by atoms with Crippen molar-refractivity contribution in [3.8, 4) is 5.88 Å². The van der Waals surface area contributed by atoms with Crippen LogP contribution >= 0.6 is 11.3 Å². The SMILES string of the molecule is NCc1cccnc1OCCc1cccs1. The van der Waals surface area contributed by atoms with Gasteiger partial charge in [-0.3, -0.25) is 0 Å². The molecule has 0 aliphatic carbocycles. The van der Waals surface area contributed by atoms with Crippen molar-refractivity contribution in [2.24, 2.45) is 5.73 Å². The van der Waals surface area contributed by atoms with E-state index in [9.17, 15) is 0 Å². The smallest absolute Gasteiger partial charge is 0.217 e. The second kappa shape index (κ2) is 5.63. The fourth-order valence-corrected chi connectivity index (χ4v) is 2.10. The summed E-state index contributed by atoms with van der Waals surface area (Å²) >= 11 is 1.74. The van der Waals surface area contributed by atoms with Gasteiger partial charge in [-0.1, -0.05) is 12.1 Å². The molecule has 2 N–H and O–H groups in total. The van der Waals surface area contributed by atoms with Gasteiger partial charge in [0.2, 0.25) is 5.88 Å². The molecule has 0 spiro atoms. The van der Waals surface area contributed by atoms with Gasteiger partial charge in [-0.2, -0.15) is 0 Å². The van der Waals surface area contributed by atoms with Crippen molar-refractivity contribution in [2.75, 3.05) is 6.61 Å². The van der Waals surface area contributed by atoms with E-state index in [2.05, 4.69) is 16.4 Å². The van der Waals surface area contributed by atoms with Gasteiger partial charge in [-0.05, 0) is 17.5 Å². The molecule has 2 heterocycles. The number of thiophene rings is 1. The molecular weight excluding hydrogens is 220 g/mol. The van der Waals surface area contributed by atoms with Gasteiger partial charge < -0.3 is 10.5 Å². The minimum absolute atomic E-state index is 0.460. The number of nitrogens with two attached hydrogens (primary N) is 1. The standard InChI is InChI=1S/C12H14N2OS/c13-9-10-3-1-6-14-12(10)15-7-5-11-4-2-8-16-11/h1-4,6,8H,5,7,9,13H2. The normalized spacial score (nSPS) is 10.3. The first kappa shape index (κ1) is 11.1. The fourth-order valence-electron chi connectivity index (χ4n) is 1.41. The molecule has 3 nitrogen and oxygen atoms in total. The molecule has 0 saturated heterocycles. The predicted molar refractivity (Wildman–Crippen MR) is 65.6 cm³/mol. The van der Waals surface area contributed by atoms with E-state index in [0.29, 0.717) is 19.0 Å². The van der Waals surface area contributed by atoms with Crippen molar-refractivity contribution in [1.29, 1.82) is 0 Å². The highest BCUT2D eigenvalue weighted by atomic mass is 32.1. The van der Waals surface area contributed by atoms with Crippen molar-refractivity contribution in [1.82, 2.24) is 4.98 Å². The topological polar surface area (TPSA) is 48.1 Å². The molecule has 0 bridgehead atoms. The lowest BCUT2D eigenvalue weighted by molar-refractivity contribution is 0.307. The summed E-state index contributed by atoms with van der Waals surface area (Å²) < 4.78 is 5.62. The Bertz CT molecular complexity index is 428. The van der Waals surface area contributed by atoms with Crippen LogP contribution in [-0.4, -0.2) is 11.6 Å². The molecule has 0 saturated carbocycles. The molecule has 0 radical (unpaired) electrons. The minimum atomic E-state index is 0.460. The van der Waals surface area contributed by atoms with Gasteiger partial charge in [0.15, 0.2) is 0 Å². The number of rotatable bonds is 5. The van der Waals surface area contributed by atoms with Crippen LogP contribution in [0.15, 0.2) is 35.8 Å². The molecule has 0 aromatic carbocycles. The molecule has 0 amide bonds. The zero-order valence-electron chi connectivity index (χ0n) is 8.93. The summed E-state index contributed by atoms with van der Waals surface area (Å²) in [7, 11) is 0. The van der Waals surface area contributed by atoms with Crippen LogP contribution < -0.4 is 10.5 Å². The number of ether oxygens (including phenoxy) is 1. The highest BCUT2D eigenvalue weighted by Gasteiger charge is 2.02. The predicted octanol–water partition coefficient (Wildman–Crippen LogP) is 2.22. The van der Waals surface area contributed by atoms with E-state index in [1.165, 1.54) is 4.88 Å². The summed E-state index contributed by atoms with van der Waals surface area (Å²) in [6.07, 6.45) is 2.64. The second-order valence-corrected chi connectivity index (χ2v) is 4.38. The van der Waals surface area contributed by atoms with E-state index in [0.717, 1.165) is 12.0 Å². The molecule has 16 heavy (non-hydrogen) atoms. The summed E-state index contributed by atoms with van der Waals surface area (Å²) in [5, 5.41) is 2.07. The molecule has 0 aliphatic heterocycles. The molecule has 0 atom stereocenters. The van der Waals surface area contributed by atoms with Gasteiger partial charge >= 0.3 is 0 Å². The maximum absolute atomic E-state index is 5.62. The van der Waals surface area contributed by atoms with Crippen molar-refractivity contribution >= 4 is 11.3 Å². The summed E-state index contributed by atoms with van der Waals surface area (Å²) in [6.45, 7) is 1.10. The van der Waals surface area contributed by atoms with Crippen LogP contribution in [-0.2, 0) is 13.0 Å². The quantitative estimate of drug-likeness (QED) is 0.863. The van der Waals surface area contributed by atoms with E-state index >= 15 is 0 Å². The van der Waals surface area contributed by atoms with Gasteiger partial charge in [-0.15, -0.1) is 11.3 Å². The van der Waals surface area contributed by atoms with E-state index < -0.39 is 0 Å². The maximum atomic E-state index is 5.62. The lowest BCUT2D eigenvalue weighted by Crippen LogP contribution is -2.06. The molecule has 0 fully saturated rings. The first-order chi connectivity index (χ1) is 7.90. The molecular formula is C12H14N2OS. The Morgan fingerprint density at radius 3 is 3.00 bits per heavy atom. The fraction of sp³-hybridized carbons (Fsp3) is 0.250. The summed E-state index contributed by atoms with van der Waals surface area (Å²) in [6, 6.07) is 7.96. The number of hydrogen-bond acceptors (Lipinski definition) is 4. The molecule has 2 aromatic rings. The number of nitrogens with zero attached hydrogens (tertiary/aromatic N) is 1. The first-order valence-electron chi connectivity index (χ1n) is 5.19. The Labute approximate surface area is 98.9 Å². The van der Waals surface area contributed by atoms with Gasteiger partial charge in [0.1, 0.15) is 0 Å². The molecule has 2 aromatic heterocycles.